The number of rotatable bonds is 3. The van der Waals surface area contributed by atoms with Crippen LogP contribution in [0.1, 0.15) is 20.3 Å². The van der Waals surface area contributed by atoms with Crippen LogP contribution >= 0.6 is 0 Å². The first-order valence-electron chi connectivity index (χ1n) is 3.57. The SMILES string of the molecule is CC(C)OC[C@@H]1C[C@H]1N. The van der Waals surface area contributed by atoms with Gasteiger partial charge in [-0.15, -0.1) is 0 Å². The third-order valence-electron chi connectivity index (χ3n) is 1.62. The van der Waals surface area contributed by atoms with Gasteiger partial charge in [0, 0.05) is 6.04 Å². The summed E-state index contributed by atoms with van der Waals surface area (Å²) in [5.41, 5.74) is 5.57. The Morgan fingerprint density at radius 3 is 2.56 bits per heavy atom. The van der Waals surface area contributed by atoms with Crippen LogP contribution in [0.3, 0.4) is 0 Å². The summed E-state index contributed by atoms with van der Waals surface area (Å²) in [5.74, 6) is 0.660. The van der Waals surface area contributed by atoms with Crippen LogP contribution in [0.4, 0.5) is 0 Å². The molecule has 0 amide bonds. The Morgan fingerprint density at radius 1 is 1.67 bits per heavy atom. The zero-order valence-electron chi connectivity index (χ0n) is 6.13. The van der Waals surface area contributed by atoms with Crippen molar-refractivity contribution in [3.05, 3.63) is 0 Å². The molecule has 2 nitrogen and oxygen atoms in total. The van der Waals surface area contributed by atoms with E-state index in [0.29, 0.717) is 18.1 Å². The van der Waals surface area contributed by atoms with Gasteiger partial charge in [0.15, 0.2) is 0 Å². The number of hydrogen-bond acceptors (Lipinski definition) is 2. The smallest absolute Gasteiger partial charge is 0.0519 e. The minimum atomic E-state index is 0.359. The largest absolute Gasteiger partial charge is 0.378 e. The Balaban J connectivity index is 1.94. The van der Waals surface area contributed by atoms with E-state index in [-0.39, 0.29) is 0 Å². The van der Waals surface area contributed by atoms with Crippen molar-refractivity contribution in [2.24, 2.45) is 11.7 Å². The van der Waals surface area contributed by atoms with Crippen molar-refractivity contribution in [2.45, 2.75) is 32.4 Å². The highest BCUT2D eigenvalue weighted by Gasteiger charge is 2.33. The molecule has 1 aliphatic rings. The maximum atomic E-state index is 5.57. The maximum absolute atomic E-state index is 5.57. The zero-order valence-corrected chi connectivity index (χ0v) is 6.13. The molecular formula is C7H15NO. The molecule has 1 aliphatic carbocycles. The molecule has 0 bridgehead atoms. The molecule has 0 unspecified atom stereocenters. The van der Waals surface area contributed by atoms with Crippen molar-refractivity contribution in [1.82, 2.24) is 0 Å². The lowest BCUT2D eigenvalue weighted by molar-refractivity contribution is 0.0698. The first-order valence-corrected chi connectivity index (χ1v) is 3.57. The number of ether oxygens (including phenoxy) is 1. The average molecular weight is 129 g/mol. The molecule has 0 heterocycles. The van der Waals surface area contributed by atoms with Gasteiger partial charge in [-0.2, -0.15) is 0 Å². The van der Waals surface area contributed by atoms with Crippen molar-refractivity contribution in [3.8, 4) is 0 Å². The van der Waals surface area contributed by atoms with Gasteiger partial charge < -0.3 is 10.5 Å². The highest BCUT2D eigenvalue weighted by atomic mass is 16.5. The molecule has 1 saturated carbocycles. The van der Waals surface area contributed by atoms with E-state index in [1.165, 1.54) is 0 Å². The van der Waals surface area contributed by atoms with E-state index >= 15 is 0 Å². The summed E-state index contributed by atoms with van der Waals surface area (Å²) < 4.78 is 5.36. The summed E-state index contributed by atoms with van der Waals surface area (Å²) in [7, 11) is 0. The molecule has 2 atom stereocenters. The van der Waals surface area contributed by atoms with E-state index in [4.69, 9.17) is 10.5 Å². The van der Waals surface area contributed by atoms with Gasteiger partial charge in [0.25, 0.3) is 0 Å². The van der Waals surface area contributed by atoms with Crippen molar-refractivity contribution >= 4 is 0 Å². The lowest BCUT2D eigenvalue weighted by Crippen LogP contribution is -2.10. The van der Waals surface area contributed by atoms with E-state index in [1.807, 2.05) is 13.8 Å². The van der Waals surface area contributed by atoms with Crippen LogP contribution in [-0.2, 0) is 4.74 Å². The van der Waals surface area contributed by atoms with Gasteiger partial charge in [-0.1, -0.05) is 0 Å². The maximum Gasteiger partial charge on any atom is 0.0519 e. The molecule has 0 radical (unpaired) electrons. The van der Waals surface area contributed by atoms with Crippen molar-refractivity contribution in [3.63, 3.8) is 0 Å². The van der Waals surface area contributed by atoms with Crippen LogP contribution < -0.4 is 5.73 Å². The molecule has 1 fully saturated rings. The molecule has 54 valence electrons. The van der Waals surface area contributed by atoms with Gasteiger partial charge in [-0.05, 0) is 26.2 Å². The first-order chi connectivity index (χ1) is 4.20. The Kier molecular flexibility index (Phi) is 2.09. The van der Waals surface area contributed by atoms with Crippen LogP contribution in [-0.4, -0.2) is 18.8 Å². The standard InChI is InChI=1S/C7H15NO/c1-5(2)9-4-6-3-7(6)8/h5-7H,3-4,8H2,1-2H3/t6-,7+/m0/s1. The minimum Gasteiger partial charge on any atom is -0.378 e. The van der Waals surface area contributed by atoms with E-state index in [2.05, 4.69) is 0 Å². The van der Waals surface area contributed by atoms with Crippen LogP contribution in [0, 0.1) is 5.92 Å². The van der Waals surface area contributed by atoms with Gasteiger partial charge in [0.05, 0.1) is 12.7 Å². The second kappa shape index (κ2) is 2.67. The summed E-state index contributed by atoms with van der Waals surface area (Å²) in [6, 6.07) is 0.434. The molecule has 0 aromatic rings. The molecule has 9 heavy (non-hydrogen) atoms. The molecule has 2 heteroatoms. The summed E-state index contributed by atoms with van der Waals surface area (Å²) >= 11 is 0. The van der Waals surface area contributed by atoms with E-state index in [0.717, 1.165) is 13.0 Å². The molecule has 0 spiro atoms. The predicted octanol–water partition coefficient (Wildman–Crippen LogP) is 0.759. The normalized spacial score (nSPS) is 33.3. The lowest BCUT2D eigenvalue weighted by atomic mass is 10.4. The molecule has 1 rings (SSSR count). The van der Waals surface area contributed by atoms with Gasteiger partial charge >= 0.3 is 0 Å². The topological polar surface area (TPSA) is 35.2 Å². The highest BCUT2D eigenvalue weighted by Crippen LogP contribution is 2.27. The minimum absolute atomic E-state index is 0.359. The molecular weight excluding hydrogens is 114 g/mol. The second-order valence-corrected chi connectivity index (χ2v) is 3.04. The zero-order chi connectivity index (χ0) is 6.85. The fraction of sp³-hybridized carbons (Fsp3) is 1.00. The molecule has 0 saturated heterocycles. The predicted molar refractivity (Wildman–Crippen MR) is 37.2 cm³/mol. The van der Waals surface area contributed by atoms with Crippen molar-refractivity contribution in [2.75, 3.05) is 6.61 Å². The van der Waals surface area contributed by atoms with Crippen molar-refractivity contribution in [1.29, 1.82) is 0 Å². The quantitative estimate of drug-likeness (QED) is 0.610. The van der Waals surface area contributed by atoms with Crippen LogP contribution in [0.15, 0.2) is 0 Å². The second-order valence-electron chi connectivity index (χ2n) is 3.04. The average Bonchev–Trinajstić information content (AvgIpc) is 2.42. The first kappa shape index (κ1) is 7.03. The van der Waals surface area contributed by atoms with E-state index < -0.39 is 0 Å². The van der Waals surface area contributed by atoms with Gasteiger partial charge in [-0.3, -0.25) is 0 Å². The summed E-state index contributed by atoms with van der Waals surface area (Å²) in [6.45, 7) is 4.96. The lowest BCUT2D eigenvalue weighted by Gasteiger charge is -2.04. The van der Waals surface area contributed by atoms with Crippen LogP contribution in [0.2, 0.25) is 0 Å². The van der Waals surface area contributed by atoms with E-state index in [9.17, 15) is 0 Å². The Labute approximate surface area is 56.4 Å². The third-order valence-corrected chi connectivity index (χ3v) is 1.62. The highest BCUT2D eigenvalue weighted by molar-refractivity contribution is 4.89. The van der Waals surface area contributed by atoms with Gasteiger partial charge in [0.2, 0.25) is 0 Å². The summed E-state index contributed by atoms with van der Waals surface area (Å²) in [4.78, 5) is 0. The third kappa shape index (κ3) is 2.33. The van der Waals surface area contributed by atoms with Crippen molar-refractivity contribution < 1.29 is 4.74 Å². The molecule has 0 aromatic carbocycles. The number of hydrogen-bond donors (Lipinski definition) is 1. The Bertz CT molecular complexity index is 92.9. The summed E-state index contributed by atoms with van der Waals surface area (Å²) in [6.07, 6.45) is 1.52. The fourth-order valence-corrected chi connectivity index (χ4v) is 0.779. The molecule has 2 N–H and O–H groups in total. The van der Waals surface area contributed by atoms with Crippen LogP contribution in [0.5, 0.6) is 0 Å². The van der Waals surface area contributed by atoms with Crippen LogP contribution in [0.25, 0.3) is 0 Å². The Hall–Kier alpha value is -0.0800. The molecule has 0 aromatic heterocycles. The Morgan fingerprint density at radius 2 is 2.22 bits per heavy atom. The van der Waals surface area contributed by atoms with E-state index in [1.54, 1.807) is 0 Å². The fourth-order valence-electron chi connectivity index (χ4n) is 0.779. The number of nitrogens with two attached hydrogens (primary N) is 1. The van der Waals surface area contributed by atoms with Gasteiger partial charge in [0.1, 0.15) is 0 Å². The van der Waals surface area contributed by atoms with Gasteiger partial charge in [-0.25, -0.2) is 0 Å². The monoisotopic (exact) mass is 129 g/mol. The summed E-state index contributed by atoms with van der Waals surface area (Å²) in [5, 5.41) is 0. The molecule has 0 aliphatic heterocycles.